The number of methoxy groups -OCH3 is 2. The summed E-state index contributed by atoms with van der Waals surface area (Å²) in [5.74, 6) is -0.576. The minimum absolute atomic E-state index is 0.162. The Kier molecular flexibility index (Phi) is 4.94. The van der Waals surface area contributed by atoms with E-state index in [9.17, 15) is 9.59 Å². The van der Waals surface area contributed by atoms with Crippen LogP contribution in [0.5, 0.6) is 0 Å². The Labute approximate surface area is 113 Å². The molecule has 0 fully saturated rings. The second kappa shape index (κ2) is 6.06. The molecule has 0 bridgehead atoms. The van der Waals surface area contributed by atoms with Crippen molar-refractivity contribution >= 4 is 12.1 Å². The van der Waals surface area contributed by atoms with Gasteiger partial charge in [-0.15, -0.1) is 0 Å². The van der Waals surface area contributed by atoms with Crippen molar-refractivity contribution in [3.8, 4) is 0 Å². The smallest absolute Gasteiger partial charge is 0.414 e. The van der Waals surface area contributed by atoms with E-state index in [1.54, 1.807) is 6.08 Å². The van der Waals surface area contributed by atoms with Crippen LogP contribution in [-0.4, -0.2) is 49.4 Å². The Morgan fingerprint density at radius 3 is 2.37 bits per heavy atom. The maximum absolute atomic E-state index is 11.7. The van der Waals surface area contributed by atoms with Gasteiger partial charge in [0.25, 0.3) is 0 Å². The fourth-order valence-corrected chi connectivity index (χ4v) is 1.86. The SMILES string of the molecule is COC(=O)C1=C[C@H](OC(C)(C)C)CCN1C(=O)OC. The summed E-state index contributed by atoms with van der Waals surface area (Å²) in [6.45, 7) is 6.16. The predicted molar refractivity (Wildman–Crippen MR) is 68.5 cm³/mol. The van der Waals surface area contributed by atoms with E-state index in [4.69, 9.17) is 4.74 Å². The first-order valence-corrected chi connectivity index (χ1v) is 6.12. The van der Waals surface area contributed by atoms with E-state index in [-0.39, 0.29) is 17.4 Å². The van der Waals surface area contributed by atoms with Crippen LogP contribution in [-0.2, 0) is 19.0 Å². The van der Waals surface area contributed by atoms with Crippen molar-refractivity contribution in [3.05, 3.63) is 11.8 Å². The highest BCUT2D eigenvalue weighted by molar-refractivity contribution is 5.92. The zero-order valence-electron chi connectivity index (χ0n) is 12.1. The summed E-state index contributed by atoms with van der Waals surface area (Å²) in [6.07, 6.45) is 1.41. The molecule has 0 unspecified atom stereocenters. The molecule has 0 spiro atoms. The van der Waals surface area contributed by atoms with Gasteiger partial charge in [0.05, 0.1) is 25.9 Å². The Morgan fingerprint density at radius 2 is 1.89 bits per heavy atom. The number of carbonyl (C=O) groups excluding carboxylic acids is 2. The van der Waals surface area contributed by atoms with E-state index in [0.717, 1.165) is 0 Å². The number of rotatable bonds is 2. The number of amides is 1. The van der Waals surface area contributed by atoms with Crippen LogP contribution in [0.25, 0.3) is 0 Å². The van der Waals surface area contributed by atoms with Gasteiger partial charge in [-0.1, -0.05) is 0 Å². The number of hydrogen-bond donors (Lipinski definition) is 0. The van der Waals surface area contributed by atoms with Crippen molar-refractivity contribution in [2.24, 2.45) is 0 Å². The molecule has 1 aliphatic rings. The largest absolute Gasteiger partial charge is 0.464 e. The summed E-state index contributed by atoms with van der Waals surface area (Å²) in [5, 5.41) is 0. The molecular formula is C13H21NO5. The average molecular weight is 271 g/mol. The Bertz CT molecular complexity index is 383. The summed E-state index contributed by atoms with van der Waals surface area (Å²) in [5.41, 5.74) is -0.162. The van der Waals surface area contributed by atoms with Gasteiger partial charge in [-0.3, -0.25) is 4.90 Å². The molecule has 1 heterocycles. The van der Waals surface area contributed by atoms with Gasteiger partial charge in [-0.05, 0) is 33.3 Å². The first kappa shape index (κ1) is 15.5. The standard InChI is InChI=1S/C13H21NO5/c1-13(2,3)19-9-6-7-14(12(16)18-5)10(8-9)11(15)17-4/h8-9H,6-7H2,1-5H3/t9-/m1/s1. The normalized spacial score (nSPS) is 19.7. The molecule has 108 valence electrons. The van der Waals surface area contributed by atoms with E-state index in [1.165, 1.54) is 19.1 Å². The zero-order valence-corrected chi connectivity index (χ0v) is 12.1. The second-order valence-electron chi connectivity index (χ2n) is 5.22. The molecule has 0 aromatic carbocycles. The topological polar surface area (TPSA) is 65.1 Å². The van der Waals surface area contributed by atoms with Crippen LogP contribution in [0.1, 0.15) is 27.2 Å². The van der Waals surface area contributed by atoms with Crippen molar-refractivity contribution in [1.29, 1.82) is 0 Å². The van der Waals surface area contributed by atoms with Crippen LogP contribution < -0.4 is 0 Å². The van der Waals surface area contributed by atoms with Gasteiger partial charge in [-0.25, -0.2) is 9.59 Å². The highest BCUT2D eigenvalue weighted by Crippen LogP contribution is 2.23. The third kappa shape index (κ3) is 4.24. The molecular weight excluding hydrogens is 250 g/mol. The quantitative estimate of drug-likeness (QED) is 0.715. The summed E-state index contributed by atoms with van der Waals surface area (Å²) >= 11 is 0. The fourth-order valence-electron chi connectivity index (χ4n) is 1.86. The van der Waals surface area contributed by atoms with E-state index < -0.39 is 12.1 Å². The second-order valence-corrected chi connectivity index (χ2v) is 5.22. The van der Waals surface area contributed by atoms with Crippen molar-refractivity contribution in [3.63, 3.8) is 0 Å². The monoisotopic (exact) mass is 271 g/mol. The zero-order chi connectivity index (χ0) is 14.6. The van der Waals surface area contributed by atoms with E-state index in [0.29, 0.717) is 13.0 Å². The molecule has 1 amide bonds. The van der Waals surface area contributed by atoms with E-state index in [1.807, 2.05) is 20.8 Å². The number of hydrogen-bond acceptors (Lipinski definition) is 5. The van der Waals surface area contributed by atoms with Crippen LogP contribution in [0.15, 0.2) is 11.8 Å². The van der Waals surface area contributed by atoms with Gasteiger partial charge in [-0.2, -0.15) is 0 Å². The Hall–Kier alpha value is -1.56. The lowest BCUT2D eigenvalue weighted by Crippen LogP contribution is -2.41. The first-order valence-electron chi connectivity index (χ1n) is 6.12. The molecule has 6 heteroatoms. The lowest BCUT2D eigenvalue weighted by Gasteiger charge is -2.33. The molecule has 0 saturated carbocycles. The summed E-state index contributed by atoms with van der Waals surface area (Å²) in [6, 6.07) is 0. The average Bonchev–Trinajstić information content (AvgIpc) is 2.35. The van der Waals surface area contributed by atoms with Crippen LogP contribution in [0, 0.1) is 0 Å². The summed E-state index contributed by atoms with van der Waals surface area (Å²) in [4.78, 5) is 24.6. The minimum Gasteiger partial charge on any atom is -0.464 e. The minimum atomic E-state index is -0.578. The molecule has 0 aliphatic carbocycles. The van der Waals surface area contributed by atoms with Gasteiger partial charge in [0.2, 0.25) is 0 Å². The van der Waals surface area contributed by atoms with Crippen molar-refractivity contribution in [2.75, 3.05) is 20.8 Å². The van der Waals surface area contributed by atoms with Crippen LogP contribution >= 0.6 is 0 Å². The lowest BCUT2D eigenvalue weighted by molar-refractivity contribution is -0.138. The highest BCUT2D eigenvalue weighted by atomic mass is 16.5. The molecule has 1 aliphatic heterocycles. The fraction of sp³-hybridized carbons (Fsp3) is 0.692. The Balaban J connectivity index is 2.95. The third-order valence-corrected chi connectivity index (χ3v) is 2.57. The van der Waals surface area contributed by atoms with Gasteiger partial charge in [0.1, 0.15) is 5.70 Å². The number of nitrogens with zero attached hydrogens (tertiary/aromatic N) is 1. The number of esters is 1. The lowest BCUT2D eigenvalue weighted by atomic mass is 10.1. The molecule has 0 aromatic heterocycles. The number of ether oxygens (including phenoxy) is 3. The van der Waals surface area contributed by atoms with E-state index >= 15 is 0 Å². The highest BCUT2D eigenvalue weighted by Gasteiger charge is 2.32. The van der Waals surface area contributed by atoms with Crippen molar-refractivity contribution in [2.45, 2.75) is 38.9 Å². The molecule has 0 aromatic rings. The van der Waals surface area contributed by atoms with Crippen LogP contribution in [0.2, 0.25) is 0 Å². The Morgan fingerprint density at radius 1 is 1.26 bits per heavy atom. The molecule has 1 atom stereocenters. The maximum Gasteiger partial charge on any atom is 0.414 e. The van der Waals surface area contributed by atoms with Gasteiger partial charge in [0.15, 0.2) is 0 Å². The van der Waals surface area contributed by atoms with Gasteiger partial charge in [0, 0.05) is 6.54 Å². The first-order chi connectivity index (χ1) is 8.78. The molecule has 6 nitrogen and oxygen atoms in total. The molecule has 0 N–H and O–H groups in total. The third-order valence-electron chi connectivity index (χ3n) is 2.57. The molecule has 19 heavy (non-hydrogen) atoms. The van der Waals surface area contributed by atoms with E-state index in [2.05, 4.69) is 9.47 Å². The molecule has 0 saturated heterocycles. The summed E-state index contributed by atoms with van der Waals surface area (Å²) < 4.78 is 15.1. The molecule has 0 radical (unpaired) electrons. The van der Waals surface area contributed by atoms with Crippen LogP contribution in [0.3, 0.4) is 0 Å². The van der Waals surface area contributed by atoms with Gasteiger partial charge >= 0.3 is 12.1 Å². The maximum atomic E-state index is 11.7. The van der Waals surface area contributed by atoms with Crippen molar-refractivity contribution in [1.82, 2.24) is 4.90 Å². The van der Waals surface area contributed by atoms with Crippen LogP contribution in [0.4, 0.5) is 4.79 Å². The predicted octanol–water partition coefficient (Wildman–Crippen LogP) is 1.70. The summed E-state index contributed by atoms with van der Waals surface area (Å²) in [7, 11) is 2.54. The van der Waals surface area contributed by atoms with Crippen molar-refractivity contribution < 1.29 is 23.8 Å². The molecule has 1 rings (SSSR count). The number of carbonyl (C=O) groups is 2. The van der Waals surface area contributed by atoms with Gasteiger partial charge < -0.3 is 14.2 Å².